The van der Waals surface area contributed by atoms with E-state index in [4.69, 9.17) is 16.3 Å². The number of halogens is 1. The topological polar surface area (TPSA) is 102 Å². The average molecular weight is 347 g/mol. The smallest absolute Gasteiger partial charge is 0.306 e. The summed E-state index contributed by atoms with van der Waals surface area (Å²) in [6.45, 7) is -0.455. The Kier molecular flexibility index (Phi) is 5.36. The van der Waals surface area contributed by atoms with Gasteiger partial charge in [0.25, 0.3) is 5.91 Å². The maximum absolute atomic E-state index is 11.6. The van der Waals surface area contributed by atoms with E-state index >= 15 is 0 Å². The van der Waals surface area contributed by atoms with Crippen LogP contribution in [-0.4, -0.2) is 43.4 Å². The summed E-state index contributed by atoms with van der Waals surface area (Å²) in [5.41, 5.74) is 0.326. The van der Waals surface area contributed by atoms with Gasteiger partial charge >= 0.3 is 5.97 Å². The van der Waals surface area contributed by atoms with Gasteiger partial charge in [-0.05, 0) is 24.5 Å². The highest BCUT2D eigenvalue weighted by Crippen LogP contribution is 2.22. The number of ether oxygens (including phenoxy) is 1. The normalized spacial score (nSPS) is 19.6. The zero-order valence-corrected chi connectivity index (χ0v) is 13.2. The van der Waals surface area contributed by atoms with Crippen LogP contribution >= 0.6 is 11.6 Å². The van der Waals surface area contributed by atoms with E-state index in [1.54, 1.807) is 12.1 Å². The summed E-state index contributed by atoms with van der Waals surface area (Å²) in [4.78, 5) is 27.0. The number of hydrogen-bond acceptors (Lipinski definition) is 6. The first-order valence-corrected chi connectivity index (χ1v) is 8.82. The summed E-state index contributed by atoms with van der Waals surface area (Å²) in [6, 6.07) is 3.17. The number of carbonyl (C=O) groups is 2. The molecule has 1 fully saturated rings. The van der Waals surface area contributed by atoms with Crippen LogP contribution in [-0.2, 0) is 24.2 Å². The number of nitrogens with one attached hydrogen (secondary N) is 1. The van der Waals surface area contributed by atoms with Gasteiger partial charge in [-0.3, -0.25) is 9.59 Å². The van der Waals surface area contributed by atoms with Gasteiger partial charge in [-0.2, -0.15) is 0 Å². The molecule has 2 heterocycles. The molecule has 7 nitrogen and oxygen atoms in total. The van der Waals surface area contributed by atoms with Crippen LogP contribution in [0.3, 0.4) is 0 Å². The van der Waals surface area contributed by atoms with Gasteiger partial charge in [0.1, 0.15) is 0 Å². The van der Waals surface area contributed by atoms with Gasteiger partial charge < -0.3 is 10.1 Å². The maximum atomic E-state index is 11.6. The van der Waals surface area contributed by atoms with Crippen molar-refractivity contribution < 1.29 is 22.7 Å². The molecule has 0 spiro atoms. The Labute approximate surface area is 132 Å². The van der Waals surface area contributed by atoms with Crippen molar-refractivity contribution in [2.45, 2.75) is 12.8 Å². The van der Waals surface area contributed by atoms with Crippen LogP contribution in [0.15, 0.2) is 18.3 Å². The lowest BCUT2D eigenvalue weighted by Gasteiger charge is -2.09. The highest BCUT2D eigenvalue weighted by molar-refractivity contribution is 7.91. The minimum atomic E-state index is -3.03. The first-order chi connectivity index (χ1) is 10.4. The van der Waals surface area contributed by atoms with Gasteiger partial charge in [0.2, 0.25) is 0 Å². The van der Waals surface area contributed by atoms with E-state index in [0.717, 1.165) is 0 Å². The summed E-state index contributed by atoms with van der Waals surface area (Å²) in [6.07, 6.45) is 1.93. The van der Waals surface area contributed by atoms with E-state index < -0.39 is 28.3 Å². The lowest BCUT2D eigenvalue weighted by atomic mass is 10.1. The fraction of sp³-hybridized carbons (Fsp3) is 0.462. The molecule has 22 heavy (non-hydrogen) atoms. The molecule has 0 radical (unpaired) electrons. The zero-order valence-electron chi connectivity index (χ0n) is 11.6. The Balaban J connectivity index is 1.74. The Bertz CT molecular complexity index is 677. The molecule has 120 valence electrons. The second kappa shape index (κ2) is 7.06. The molecule has 9 heteroatoms. The first-order valence-electron chi connectivity index (χ1n) is 6.62. The fourth-order valence-corrected chi connectivity index (χ4v) is 4.17. The summed E-state index contributed by atoms with van der Waals surface area (Å²) < 4.78 is 27.4. The lowest BCUT2D eigenvalue weighted by Crippen LogP contribution is -2.22. The molecule has 1 aliphatic heterocycles. The first kappa shape index (κ1) is 16.7. The summed E-state index contributed by atoms with van der Waals surface area (Å²) in [5, 5.41) is 2.60. The van der Waals surface area contributed by atoms with Gasteiger partial charge in [0.15, 0.2) is 21.6 Å². The van der Waals surface area contributed by atoms with E-state index in [0.29, 0.717) is 12.1 Å². The Morgan fingerprint density at radius 3 is 2.86 bits per heavy atom. The molecule has 1 atom stereocenters. The lowest BCUT2D eigenvalue weighted by molar-refractivity contribution is -0.148. The van der Waals surface area contributed by atoms with Crippen molar-refractivity contribution in [3.63, 3.8) is 0 Å². The third-order valence-corrected chi connectivity index (χ3v) is 5.32. The molecule has 0 saturated carbocycles. The Hall–Kier alpha value is -1.67. The predicted molar refractivity (Wildman–Crippen MR) is 80.2 cm³/mol. The third kappa shape index (κ3) is 4.96. The van der Waals surface area contributed by atoms with Crippen LogP contribution < -0.4 is 5.32 Å². The van der Waals surface area contributed by atoms with E-state index in [2.05, 4.69) is 10.3 Å². The van der Waals surface area contributed by atoms with Crippen molar-refractivity contribution in [2.24, 2.45) is 5.92 Å². The number of pyridine rings is 1. The van der Waals surface area contributed by atoms with Crippen LogP contribution in [0.1, 0.15) is 12.8 Å². The molecule has 0 unspecified atom stereocenters. The molecule has 0 bridgehead atoms. The van der Waals surface area contributed by atoms with Crippen molar-refractivity contribution in [3.8, 4) is 0 Å². The number of amides is 1. The molecule has 0 aromatic carbocycles. The quantitative estimate of drug-likeness (QED) is 0.631. The molecule has 1 saturated heterocycles. The number of anilines is 1. The van der Waals surface area contributed by atoms with Gasteiger partial charge in [-0.15, -0.1) is 0 Å². The summed E-state index contributed by atoms with van der Waals surface area (Å²) in [5.74, 6) is -1.25. The molecule has 1 aromatic rings. The van der Waals surface area contributed by atoms with Gasteiger partial charge in [0.05, 0.1) is 17.2 Å². The number of carbonyl (C=O) groups excluding carboxylic acids is 2. The number of rotatable bonds is 5. The van der Waals surface area contributed by atoms with Crippen LogP contribution in [0, 0.1) is 5.92 Å². The SMILES string of the molecule is O=C(COC(=O)C[C@H]1CCS(=O)(=O)C1)Nc1cccnc1Cl. The molecule has 1 aromatic heterocycles. The molecule has 1 aliphatic rings. The monoisotopic (exact) mass is 346 g/mol. The van der Waals surface area contributed by atoms with Crippen molar-refractivity contribution >= 4 is 39.0 Å². The van der Waals surface area contributed by atoms with E-state index in [1.165, 1.54) is 6.20 Å². The van der Waals surface area contributed by atoms with Crippen molar-refractivity contribution in [3.05, 3.63) is 23.5 Å². The molecular weight excluding hydrogens is 332 g/mol. The van der Waals surface area contributed by atoms with E-state index in [-0.39, 0.29) is 29.0 Å². The van der Waals surface area contributed by atoms with Gasteiger partial charge in [-0.1, -0.05) is 11.6 Å². The second-order valence-electron chi connectivity index (χ2n) is 5.02. The average Bonchev–Trinajstić information content (AvgIpc) is 2.78. The Morgan fingerprint density at radius 1 is 1.45 bits per heavy atom. The minimum absolute atomic E-state index is 0.000157. The Morgan fingerprint density at radius 2 is 2.23 bits per heavy atom. The number of nitrogens with zero attached hydrogens (tertiary/aromatic N) is 1. The molecule has 0 aliphatic carbocycles. The van der Waals surface area contributed by atoms with Crippen molar-refractivity contribution in [1.82, 2.24) is 4.98 Å². The maximum Gasteiger partial charge on any atom is 0.306 e. The van der Waals surface area contributed by atoms with Crippen LogP contribution in [0.2, 0.25) is 5.15 Å². The standard InChI is InChI=1S/C13H15ClN2O5S/c14-13-10(2-1-4-15-13)16-11(17)7-21-12(18)6-9-3-5-22(19,20)8-9/h1-2,4,9H,3,5-8H2,(H,16,17)/t9-/m1/s1. The van der Waals surface area contributed by atoms with Gasteiger partial charge in [-0.25, -0.2) is 13.4 Å². The third-order valence-electron chi connectivity index (χ3n) is 3.18. The number of sulfone groups is 1. The minimum Gasteiger partial charge on any atom is -0.456 e. The van der Waals surface area contributed by atoms with Crippen LogP contribution in [0.4, 0.5) is 5.69 Å². The highest BCUT2D eigenvalue weighted by atomic mass is 35.5. The molecule has 1 amide bonds. The van der Waals surface area contributed by atoms with Crippen molar-refractivity contribution in [1.29, 1.82) is 0 Å². The number of hydrogen-bond donors (Lipinski definition) is 1. The predicted octanol–water partition coefficient (Wildman–Crippen LogP) is 1.04. The number of aromatic nitrogens is 1. The second-order valence-corrected chi connectivity index (χ2v) is 7.61. The van der Waals surface area contributed by atoms with E-state index in [9.17, 15) is 18.0 Å². The number of esters is 1. The van der Waals surface area contributed by atoms with E-state index in [1.807, 2.05) is 0 Å². The molecule has 2 rings (SSSR count). The van der Waals surface area contributed by atoms with Gasteiger partial charge in [0, 0.05) is 12.6 Å². The fourth-order valence-electron chi connectivity index (χ4n) is 2.14. The molecule has 1 N–H and O–H groups in total. The molecular formula is C13H15ClN2O5S. The summed E-state index contributed by atoms with van der Waals surface area (Å²) in [7, 11) is -3.03. The highest BCUT2D eigenvalue weighted by Gasteiger charge is 2.29. The summed E-state index contributed by atoms with van der Waals surface area (Å²) >= 11 is 5.78. The van der Waals surface area contributed by atoms with Crippen molar-refractivity contribution in [2.75, 3.05) is 23.4 Å². The van der Waals surface area contributed by atoms with Crippen LogP contribution in [0.25, 0.3) is 0 Å². The largest absolute Gasteiger partial charge is 0.456 e. The zero-order chi connectivity index (χ0) is 16.2. The van der Waals surface area contributed by atoms with Crippen LogP contribution in [0.5, 0.6) is 0 Å².